The second-order valence-electron chi connectivity index (χ2n) is 12.0. The van der Waals surface area contributed by atoms with Crippen LogP contribution in [0.3, 0.4) is 0 Å². The maximum absolute atomic E-state index is 12.9. The molecule has 204 valence electrons. The van der Waals surface area contributed by atoms with Gasteiger partial charge >= 0.3 is 11.9 Å². The van der Waals surface area contributed by atoms with E-state index in [2.05, 4.69) is 39.2 Å². The quantitative estimate of drug-likeness (QED) is 0.268. The lowest BCUT2D eigenvalue weighted by atomic mass is 10.0. The second-order valence-corrected chi connectivity index (χ2v) is 16.8. The zero-order valence-corrected chi connectivity index (χ0v) is 24.9. The zero-order chi connectivity index (χ0) is 27.7. The lowest BCUT2D eigenvalue weighted by molar-refractivity contribution is -0.159. The number of rotatable bonds is 13. The van der Waals surface area contributed by atoms with E-state index in [-0.39, 0.29) is 36.4 Å². The van der Waals surface area contributed by atoms with Gasteiger partial charge in [-0.05, 0) is 64.7 Å². The topological polar surface area (TPSA) is 90.9 Å². The fourth-order valence-corrected chi connectivity index (χ4v) is 4.72. The highest BCUT2D eigenvalue weighted by molar-refractivity contribution is 6.74. The van der Waals surface area contributed by atoms with E-state index in [4.69, 9.17) is 13.9 Å². The Kier molecular flexibility index (Phi) is 12.0. The van der Waals surface area contributed by atoms with Crippen LogP contribution in [0.15, 0.2) is 30.3 Å². The van der Waals surface area contributed by atoms with Crippen molar-refractivity contribution < 1.29 is 28.3 Å². The third-order valence-electron chi connectivity index (χ3n) is 6.28. The molecule has 0 aliphatic heterocycles. The molecule has 0 spiro atoms. The summed E-state index contributed by atoms with van der Waals surface area (Å²) in [5, 5.41) is 3.04. The Hall–Kier alpha value is -2.03. The zero-order valence-electron chi connectivity index (χ0n) is 23.9. The van der Waals surface area contributed by atoms with Crippen molar-refractivity contribution in [3.05, 3.63) is 35.9 Å². The standard InChI is InChI=1S/C28H47NO6Si/c1-20(35-36(9,10)28(6,7)8)16-17-23(30)18-24(26(32)34-27(3,4)5)29-21(2)25(31)33-19-22-14-12-11-13-15-22/h11-15,20-21,24,29H,16-19H2,1-10H3/t20-,21-,24-/m0/s1. The van der Waals surface area contributed by atoms with E-state index in [1.165, 1.54) is 0 Å². The maximum atomic E-state index is 12.9. The summed E-state index contributed by atoms with van der Waals surface area (Å²) in [4.78, 5) is 38.2. The number of esters is 2. The van der Waals surface area contributed by atoms with Gasteiger partial charge in [0.25, 0.3) is 0 Å². The maximum Gasteiger partial charge on any atom is 0.324 e. The van der Waals surface area contributed by atoms with E-state index < -0.39 is 37.9 Å². The molecule has 0 amide bonds. The van der Waals surface area contributed by atoms with E-state index in [1.54, 1.807) is 27.7 Å². The van der Waals surface area contributed by atoms with Crippen molar-refractivity contribution >= 4 is 26.0 Å². The summed E-state index contributed by atoms with van der Waals surface area (Å²) in [6, 6.07) is 7.61. The van der Waals surface area contributed by atoms with Crippen molar-refractivity contribution in [2.24, 2.45) is 0 Å². The van der Waals surface area contributed by atoms with Gasteiger partial charge in [-0.3, -0.25) is 19.7 Å². The summed E-state index contributed by atoms with van der Waals surface area (Å²) in [7, 11) is -1.93. The van der Waals surface area contributed by atoms with Gasteiger partial charge in [0.05, 0.1) is 0 Å². The van der Waals surface area contributed by atoms with Crippen LogP contribution in [0.4, 0.5) is 0 Å². The molecule has 0 aliphatic carbocycles. The normalized spacial score (nSPS) is 15.1. The SMILES string of the molecule is C[C@H](N[C@@H](CC(=O)CC[C@H](C)O[Si](C)(C)C(C)(C)C)C(=O)OC(C)(C)C)C(=O)OCc1ccccc1. The summed E-state index contributed by atoms with van der Waals surface area (Å²) < 4.78 is 17.2. The Balaban J connectivity index is 2.75. The molecule has 0 unspecified atom stereocenters. The first-order chi connectivity index (χ1) is 16.4. The largest absolute Gasteiger partial charge is 0.460 e. The van der Waals surface area contributed by atoms with Crippen LogP contribution >= 0.6 is 0 Å². The van der Waals surface area contributed by atoms with Crippen LogP contribution in [0.2, 0.25) is 18.1 Å². The number of hydrogen-bond acceptors (Lipinski definition) is 7. The van der Waals surface area contributed by atoms with Gasteiger partial charge in [-0.2, -0.15) is 0 Å². The van der Waals surface area contributed by atoms with Crippen molar-refractivity contribution in [1.82, 2.24) is 5.32 Å². The summed E-state index contributed by atoms with van der Waals surface area (Å²) in [6.45, 7) is 19.9. The van der Waals surface area contributed by atoms with Crippen LogP contribution in [0.5, 0.6) is 0 Å². The van der Waals surface area contributed by atoms with Crippen molar-refractivity contribution in [3.63, 3.8) is 0 Å². The minimum absolute atomic E-state index is 0.0605. The number of nitrogens with one attached hydrogen (secondary N) is 1. The average Bonchev–Trinajstić information content (AvgIpc) is 2.74. The van der Waals surface area contributed by atoms with Gasteiger partial charge in [0.2, 0.25) is 0 Å². The number of carbonyl (C=O) groups is 3. The molecule has 0 fully saturated rings. The van der Waals surface area contributed by atoms with Crippen molar-refractivity contribution in [2.45, 2.75) is 123 Å². The second kappa shape index (κ2) is 13.5. The Bertz CT molecular complexity index is 857. The molecule has 1 aromatic carbocycles. The number of ketones is 1. The molecule has 0 heterocycles. The molecule has 0 saturated carbocycles. The van der Waals surface area contributed by atoms with Crippen LogP contribution in [0.1, 0.15) is 80.2 Å². The summed E-state index contributed by atoms with van der Waals surface area (Å²) in [5.74, 6) is -1.16. The molecule has 3 atom stereocenters. The third-order valence-corrected chi connectivity index (χ3v) is 10.9. The van der Waals surface area contributed by atoms with Gasteiger partial charge in [-0.15, -0.1) is 0 Å². The van der Waals surface area contributed by atoms with Crippen LogP contribution in [0, 0.1) is 0 Å². The number of hydrogen-bond donors (Lipinski definition) is 1. The number of Topliss-reactive ketones (excluding diaryl/α,β-unsaturated/α-hetero) is 1. The lowest BCUT2D eigenvalue weighted by Crippen LogP contribution is -2.49. The molecule has 7 nitrogen and oxygen atoms in total. The van der Waals surface area contributed by atoms with Crippen molar-refractivity contribution in [2.75, 3.05) is 0 Å². The van der Waals surface area contributed by atoms with Gasteiger partial charge in [0.15, 0.2) is 8.32 Å². The van der Waals surface area contributed by atoms with Gasteiger partial charge in [0, 0.05) is 18.9 Å². The van der Waals surface area contributed by atoms with E-state index in [0.717, 1.165) is 5.56 Å². The number of carbonyl (C=O) groups excluding carboxylic acids is 3. The molecular formula is C28H47NO6Si. The van der Waals surface area contributed by atoms with E-state index in [1.807, 2.05) is 37.3 Å². The molecule has 0 aliphatic rings. The summed E-state index contributed by atoms with van der Waals surface area (Å²) >= 11 is 0. The molecule has 0 aromatic heterocycles. The average molecular weight is 522 g/mol. The molecular weight excluding hydrogens is 474 g/mol. The first-order valence-electron chi connectivity index (χ1n) is 12.8. The molecule has 8 heteroatoms. The molecule has 0 saturated heterocycles. The van der Waals surface area contributed by atoms with Gasteiger partial charge in [-0.1, -0.05) is 51.1 Å². The molecule has 36 heavy (non-hydrogen) atoms. The minimum atomic E-state index is -1.93. The molecule has 1 rings (SSSR count). The summed E-state index contributed by atoms with van der Waals surface area (Å²) in [5.41, 5.74) is 0.147. The van der Waals surface area contributed by atoms with E-state index in [0.29, 0.717) is 6.42 Å². The van der Waals surface area contributed by atoms with Gasteiger partial charge < -0.3 is 13.9 Å². The molecule has 0 bridgehead atoms. The van der Waals surface area contributed by atoms with Crippen LogP contribution in [-0.4, -0.2) is 49.8 Å². The van der Waals surface area contributed by atoms with E-state index >= 15 is 0 Å². The smallest absolute Gasteiger partial charge is 0.324 e. The highest BCUT2D eigenvalue weighted by atomic mass is 28.4. The third kappa shape index (κ3) is 11.8. The van der Waals surface area contributed by atoms with Crippen molar-refractivity contribution in [3.8, 4) is 0 Å². The van der Waals surface area contributed by atoms with Crippen molar-refractivity contribution in [1.29, 1.82) is 0 Å². The van der Waals surface area contributed by atoms with E-state index in [9.17, 15) is 14.4 Å². The highest BCUT2D eigenvalue weighted by Gasteiger charge is 2.38. The molecule has 1 aromatic rings. The fraction of sp³-hybridized carbons (Fsp3) is 0.679. The van der Waals surface area contributed by atoms with Gasteiger partial charge in [-0.25, -0.2) is 0 Å². The van der Waals surface area contributed by atoms with Gasteiger partial charge in [0.1, 0.15) is 30.1 Å². The summed E-state index contributed by atoms with van der Waals surface area (Å²) in [6.07, 6.45) is 0.720. The Morgan fingerprint density at radius 2 is 1.53 bits per heavy atom. The molecule has 1 N–H and O–H groups in total. The Labute approximate surface area is 218 Å². The fourth-order valence-electron chi connectivity index (χ4n) is 3.24. The van der Waals surface area contributed by atoms with Crippen LogP contribution in [0.25, 0.3) is 0 Å². The highest BCUT2D eigenvalue weighted by Crippen LogP contribution is 2.37. The predicted molar refractivity (Wildman–Crippen MR) is 145 cm³/mol. The number of ether oxygens (including phenoxy) is 2. The monoisotopic (exact) mass is 521 g/mol. The van der Waals surface area contributed by atoms with Crippen LogP contribution < -0.4 is 5.32 Å². The lowest BCUT2D eigenvalue weighted by Gasteiger charge is -2.38. The molecule has 0 radical (unpaired) electrons. The number of benzene rings is 1. The minimum Gasteiger partial charge on any atom is -0.460 e. The first-order valence-corrected chi connectivity index (χ1v) is 15.7. The Morgan fingerprint density at radius 1 is 0.944 bits per heavy atom. The first kappa shape index (κ1) is 32.0. The predicted octanol–water partition coefficient (Wildman–Crippen LogP) is 5.57. The van der Waals surface area contributed by atoms with Crippen LogP contribution in [-0.2, 0) is 34.9 Å². The Morgan fingerprint density at radius 3 is 2.06 bits per heavy atom.